The van der Waals surface area contributed by atoms with E-state index in [4.69, 9.17) is 19.8 Å². The minimum Gasteiger partial charge on any atom is -0.473 e. The molecule has 34 heavy (non-hydrogen) atoms. The van der Waals surface area contributed by atoms with Gasteiger partial charge in [0.05, 0.1) is 0 Å². The number of para-hydroxylation sites is 1. The van der Waals surface area contributed by atoms with Crippen molar-refractivity contribution < 1.29 is 24.6 Å². The number of nitrogens with zero attached hydrogens (tertiary/aromatic N) is 6. The number of aliphatic carboxylic acids is 2. The number of rotatable bonds is 8. The van der Waals surface area contributed by atoms with Gasteiger partial charge in [0.25, 0.3) is 0 Å². The first kappa shape index (κ1) is 26.7. The Morgan fingerprint density at radius 3 is 2.06 bits per heavy atom. The Morgan fingerprint density at radius 1 is 0.971 bits per heavy atom. The van der Waals surface area contributed by atoms with Crippen molar-refractivity contribution in [1.82, 2.24) is 24.7 Å². The van der Waals surface area contributed by atoms with Crippen molar-refractivity contribution in [2.45, 2.75) is 58.7 Å². The van der Waals surface area contributed by atoms with Crippen LogP contribution in [-0.4, -0.2) is 78.4 Å². The van der Waals surface area contributed by atoms with E-state index in [9.17, 15) is 9.59 Å². The Morgan fingerprint density at radius 2 is 1.56 bits per heavy atom. The van der Waals surface area contributed by atoms with E-state index in [1.165, 1.54) is 9.36 Å². The van der Waals surface area contributed by atoms with E-state index >= 15 is 0 Å². The summed E-state index contributed by atoms with van der Waals surface area (Å²) in [6.07, 6.45) is 3.31. The third-order valence-electron chi connectivity index (χ3n) is 5.55. The lowest BCUT2D eigenvalue weighted by molar-refractivity contribution is -0.159. The molecule has 2 aromatic rings. The summed E-state index contributed by atoms with van der Waals surface area (Å²) in [5.74, 6) is -3.46. The van der Waals surface area contributed by atoms with Crippen LogP contribution in [0.5, 0.6) is 0 Å². The van der Waals surface area contributed by atoms with Gasteiger partial charge in [-0.1, -0.05) is 25.1 Å². The van der Waals surface area contributed by atoms with E-state index in [1.54, 1.807) is 0 Å². The molecule has 0 unspecified atom stereocenters. The van der Waals surface area contributed by atoms with E-state index < -0.39 is 11.9 Å². The van der Waals surface area contributed by atoms with Gasteiger partial charge in [-0.05, 0) is 55.3 Å². The number of aryl methyl sites for hydroxylation is 2. The van der Waals surface area contributed by atoms with Crippen molar-refractivity contribution >= 4 is 23.5 Å². The molecule has 12 heteroatoms. The number of carbonyl (C=O) groups excluding carboxylic acids is 1. The first-order chi connectivity index (χ1) is 16.3. The number of carboxylic acid groups (broad SMARTS) is 2. The molecule has 1 aliphatic heterocycles. The number of amides is 1. The smallest absolute Gasteiger partial charge is 0.414 e. The van der Waals surface area contributed by atoms with E-state index in [0.29, 0.717) is 19.5 Å². The van der Waals surface area contributed by atoms with E-state index in [-0.39, 0.29) is 17.6 Å². The maximum absolute atomic E-state index is 12.5. The Balaban J connectivity index is 0.000000604. The summed E-state index contributed by atoms with van der Waals surface area (Å²) >= 11 is 0. The molecule has 2 heterocycles. The number of hydrogen-bond donors (Lipinski definition) is 2. The molecule has 3 rings (SSSR count). The van der Waals surface area contributed by atoms with Gasteiger partial charge in [0, 0.05) is 44.3 Å². The molecule has 2 N–H and O–H groups in total. The first-order valence-electron chi connectivity index (χ1n) is 11.3. The highest BCUT2D eigenvalue weighted by Crippen LogP contribution is 2.24. The minimum absolute atomic E-state index is 0.141. The lowest BCUT2D eigenvalue weighted by Crippen LogP contribution is -2.47. The van der Waals surface area contributed by atoms with Gasteiger partial charge in [-0.25, -0.2) is 14.4 Å². The second kappa shape index (κ2) is 13.2. The molecule has 0 saturated carbocycles. The first-order valence-corrected chi connectivity index (χ1v) is 11.3. The lowest BCUT2D eigenvalue weighted by atomic mass is 10.0. The Bertz CT molecular complexity index is 985. The fraction of sp³-hybridized carbons (Fsp3) is 0.545. The van der Waals surface area contributed by atoms with Crippen molar-refractivity contribution in [2.24, 2.45) is 0 Å². The molecule has 12 nitrogen and oxygen atoms in total. The summed E-state index contributed by atoms with van der Waals surface area (Å²) in [6.45, 7) is 7.77. The van der Waals surface area contributed by atoms with Crippen molar-refractivity contribution in [3.8, 4) is 0 Å². The number of aromatic nitrogens is 4. The number of carbonyl (C=O) groups is 3. The van der Waals surface area contributed by atoms with Crippen LogP contribution in [0.3, 0.4) is 0 Å². The Labute approximate surface area is 197 Å². The molecule has 1 aromatic heterocycles. The van der Waals surface area contributed by atoms with Crippen LogP contribution in [0.2, 0.25) is 0 Å². The standard InChI is InChI=1S/C20H30N6O2.C2H2O4/c1-3-19(27)26(17-9-6-5-7-10-17)18-11-15-23(16-12-18)13-8-14-25-20(28)24(4-2)21-22-25;3-1(4)2(5)6/h5-7,9-10,18H,3-4,8,11-16H2,1-2H3;(H,3,4)(H,5,6). The van der Waals surface area contributed by atoms with Gasteiger partial charge in [0.2, 0.25) is 5.91 Å². The van der Waals surface area contributed by atoms with Crippen LogP contribution in [-0.2, 0) is 27.5 Å². The predicted octanol–water partition coefficient (Wildman–Crippen LogP) is 0.913. The second-order valence-electron chi connectivity index (χ2n) is 7.79. The van der Waals surface area contributed by atoms with Crippen molar-refractivity contribution in [3.05, 3.63) is 40.8 Å². The highest BCUT2D eigenvalue weighted by Gasteiger charge is 2.28. The average molecular weight is 477 g/mol. The quantitative estimate of drug-likeness (QED) is 0.530. The molecule has 1 amide bonds. The van der Waals surface area contributed by atoms with Crippen LogP contribution < -0.4 is 10.6 Å². The number of hydrogen-bond acceptors (Lipinski definition) is 7. The highest BCUT2D eigenvalue weighted by atomic mass is 16.4. The third-order valence-corrected chi connectivity index (χ3v) is 5.55. The second-order valence-corrected chi connectivity index (χ2v) is 7.79. The molecule has 0 bridgehead atoms. The normalized spacial score (nSPS) is 14.2. The molecule has 0 radical (unpaired) electrons. The van der Waals surface area contributed by atoms with Crippen LogP contribution in [0, 0.1) is 0 Å². The maximum atomic E-state index is 12.5. The summed E-state index contributed by atoms with van der Waals surface area (Å²) < 4.78 is 2.81. The number of benzene rings is 1. The van der Waals surface area contributed by atoms with Gasteiger partial charge >= 0.3 is 17.6 Å². The SMILES string of the molecule is CCC(=O)N(c1ccccc1)C1CCN(CCCn2nnn(CC)c2=O)CC1.O=C(O)C(=O)O. The zero-order valence-corrected chi connectivity index (χ0v) is 19.5. The van der Waals surface area contributed by atoms with E-state index in [1.807, 2.05) is 49.1 Å². The van der Waals surface area contributed by atoms with Crippen molar-refractivity contribution in [1.29, 1.82) is 0 Å². The Kier molecular flexibility index (Phi) is 10.4. The average Bonchev–Trinajstić information content (AvgIpc) is 3.20. The van der Waals surface area contributed by atoms with Crippen LogP contribution >= 0.6 is 0 Å². The number of carboxylic acids is 2. The molecule has 1 aromatic carbocycles. The van der Waals surface area contributed by atoms with Gasteiger partial charge in [-0.3, -0.25) is 4.79 Å². The highest BCUT2D eigenvalue weighted by molar-refractivity contribution is 6.27. The van der Waals surface area contributed by atoms with Crippen molar-refractivity contribution in [2.75, 3.05) is 24.5 Å². The number of anilines is 1. The molecule has 1 fully saturated rings. The summed E-state index contributed by atoms with van der Waals surface area (Å²) in [6, 6.07) is 10.2. The minimum atomic E-state index is -1.82. The molecule has 0 atom stereocenters. The molecule has 0 aliphatic carbocycles. The van der Waals surface area contributed by atoms with E-state index in [0.717, 1.165) is 44.6 Å². The number of piperidine rings is 1. The maximum Gasteiger partial charge on any atom is 0.414 e. The van der Waals surface area contributed by atoms with Crippen LogP contribution in [0.15, 0.2) is 35.1 Å². The summed E-state index contributed by atoms with van der Waals surface area (Å²) in [7, 11) is 0. The molecular weight excluding hydrogens is 444 g/mol. The summed E-state index contributed by atoms with van der Waals surface area (Å²) in [4.78, 5) is 47.1. The summed E-state index contributed by atoms with van der Waals surface area (Å²) in [5.41, 5.74) is 0.851. The predicted molar refractivity (Wildman–Crippen MR) is 124 cm³/mol. The topological polar surface area (TPSA) is 151 Å². The fourth-order valence-corrected chi connectivity index (χ4v) is 3.81. The van der Waals surface area contributed by atoms with Gasteiger partial charge in [-0.2, -0.15) is 9.36 Å². The van der Waals surface area contributed by atoms with Gasteiger partial charge < -0.3 is 20.0 Å². The van der Waals surface area contributed by atoms with Crippen molar-refractivity contribution in [3.63, 3.8) is 0 Å². The van der Waals surface area contributed by atoms with Gasteiger partial charge in [-0.15, -0.1) is 0 Å². The van der Waals surface area contributed by atoms with Crippen LogP contribution in [0.1, 0.15) is 39.5 Å². The zero-order chi connectivity index (χ0) is 25.1. The van der Waals surface area contributed by atoms with Gasteiger partial charge in [0.1, 0.15) is 0 Å². The molecule has 0 spiro atoms. The van der Waals surface area contributed by atoms with Crippen LogP contribution in [0.4, 0.5) is 5.69 Å². The fourth-order valence-electron chi connectivity index (χ4n) is 3.81. The zero-order valence-electron chi connectivity index (χ0n) is 19.5. The number of likely N-dealkylation sites (tertiary alicyclic amines) is 1. The monoisotopic (exact) mass is 476 g/mol. The van der Waals surface area contributed by atoms with Crippen LogP contribution in [0.25, 0.3) is 0 Å². The Hall–Kier alpha value is -3.54. The molecule has 1 saturated heterocycles. The molecular formula is C22H32N6O6. The van der Waals surface area contributed by atoms with Gasteiger partial charge in [0.15, 0.2) is 0 Å². The molecule has 1 aliphatic rings. The lowest BCUT2D eigenvalue weighted by Gasteiger charge is -2.38. The largest absolute Gasteiger partial charge is 0.473 e. The third kappa shape index (κ3) is 7.51. The van der Waals surface area contributed by atoms with E-state index in [2.05, 4.69) is 15.3 Å². The summed E-state index contributed by atoms with van der Waals surface area (Å²) in [5, 5.41) is 22.6. The number of tetrazole rings is 1. The molecule has 186 valence electrons.